The third-order valence-electron chi connectivity index (χ3n) is 7.58. The van der Waals surface area contributed by atoms with Gasteiger partial charge < -0.3 is 24.6 Å². The van der Waals surface area contributed by atoms with Crippen LogP contribution in [0.2, 0.25) is 0 Å². The Morgan fingerprint density at radius 1 is 1.18 bits per heavy atom. The second-order valence-electron chi connectivity index (χ2n) is 11.1. The lowest BCUT2D eigenvalue weighted by Gasteiger charge is -2.40. The van der Waals surface area contributed by atoms with Gasteiger partial charge in [-0.2, -0.15) is 0 Å². The molecule has 0 saturated carbocycles. The smallest absolute Gasteiger partial charge is 0.276 e. The van der Waals surface area contributed by atoms with Crippen LogP contribution < -0.4 is 5.32 Å². The molecule has 3 heterocycles. The van der Waals surface area contributed by atoms with Crippen molar-refractivity contribution in [1.29, 1.82) is 0 Å². The van der Waals surface area contributed by atoms with Crippen LogP contribution in [0.1, 0.15) is 54.9 Å². The van der Waals surface area contributed by atoms with Crippen molar-refractivity contribution in [1.82, 2.24) is 30.1 Å². The summed E-state index contributed by atoms with van der Waals surface area (Å²) in [6.45, 7) is 11.2. The van der Waals surface area contributed by atoms with E-state index in [1.807, 2.05) is 45.7 Å². The van der Waals surface area contributed by atoms with Crippen molar-refractivity contribution in [2.75, 3.05) is 59.7 Å². The standard InChI is InChI=1S/C29H44N6O4/c1-21(2)20-34(24-17-23(18-30-19-24)28(36)33-12-15-39-16-13-33)29(37)27-26(11-7-8-14-38-4)35(32-31-27)25-10-6-5-9-22(25)3/h5-6,9-10,21,23-24,30H,7-8,11-20H2,1-4H3/t23-,24+/m1/s1. The summed E-state index contributed by atoms with van der Waals surface area (Å²) in [6, 6.07) is 7.92. The topological polar surface area (TPSA) is 102 Å². The Morgan fingerprint density at radius 3 is 2.67 bits per heavy atom. The van der Waals surface area contributed by atoms with Crippen LogP contribution in [0.5, 0.6) is 0 Å². The molecule has 214 valence electrons. The summed E-state index contributed by atoms with van der Waals surface area (Å²) in [5.41, 5.74) is 3.22. The van der Waals surface area contributed by atoms with Crippen LogP contribution >= 0.6 is 0 Å². The van der Waals surface area contributed by atoms with Crippen LogP contribution in [0, 0.1) is 18.8 Å². The number of nitrogens with zero attached hydrogens (tertiary/aromatic N) is 5. The maximum absolute atomic E-state index is 14.2. The summed E-state index contributed by atoms with van der Waals surface area (Å²) in [6.07, 6.45) is 3.05. The molecule has 39 heavy (non-hydrogen) atoms. The molecule has 0 unspecified atom stereocenters. The average molecular weight is 541 g/mol. The van der Waals surface area contributed by atoms with E-state index in [1.165, 1.54) is 0 Å². The SMILES string of the molecule is COCCCCc1c(C(=O)N(CC(C)C)[C@@H]2CNC[C@H](C(=O)N3CCOCC3)C2)nnn1-c1ccccc1C. The van der Waals surface area contributed by atoms with Gasteiger partial charge in [0.25, 0.3) is 5.91 Å². The zero-order valence-corrected chi connectivity index (χ0v) is 23.9. The van der Waals surface area contributed by atoms with Gasteiger partial charge in [-0.1, -0.05) is 37.3 Å². The molecule has 1 aromatic heterocycles. The van der Waals surface area contributed by atoms with Gasteiger partial charge in [0.1, 0.15) is 0 Å². The number of benzene rings is 1. The molecule has 4 rings (SSSR count). The van der Waals surface area contributed by atoms with Gasteiger partial charge >= 0.3 is 0 Å². The highest BCUT2D eigenvalue weighted by Crippen LogP contribution is 2.25. The maximum Gasteiger partial charge on any atom is 0.276 e. The van der Waals surface area contributed by atoms with Crippen LogP contribution in [0.4, 0.5) is 0 Å². The van der Waals surface area contributed by atoms with Crippen molar-refractivity contribution >= 4 is 11.8 Å². The van der Waals surface area contributed by atoms with Crippen molar-refractivity contribution in [3.63, 3.8) is 0 Å². The Morgan fingerprint density at radius 2 is 1.95 bits per heavy atom. The highest BCUT2D eigenvalue weighted by Gasteiger charge is 2.37. The molecule has 0 radical (unpaired) electrons. The minimum absolute atomic E-state index is 0.103. The Bertz CT molecular complexity index is 1100. The minimum atomic E-state index is -0.166. The van der Waals surface area contributed by atoms with Crippen molar-refractivity contribution in [3.05, 3.63) is 41.2 Å². The molecule has 0 bridgehead atoms. The van der Waals surface area contributed by atoms with E-state index >= 15 is 0 Å². The third-order valence-corrected chi connectivity index (χ3v) is 7.58. The molecule has 2 aromatic rings. The second-order valence-corrected chi connectivity index (χ2v) is 11.1. The lowest BCUT2D eigenvalue weighted by molar-refractivity contribution is -0.140. The van der Waals surface area contributed by atoms with Gasteiger partial charge in [-0.3, -0.25) is 9.59 Å². The lowest BCUT2D eigenvalue weighted by atomic mass is 9.92. The van der Waals surface area contributed by atoms with Gasteiger partial charge in [0.05, 0.1) is 30.5 Å². The molecule has 1 N–H and O–H groups in total. The Labute approximate surface area is 232 Å². The third kappa shape index (κ3) is 7.23. The number of nitrogens with one attached hydrogen (secondary N) is 1. The summed E-state index contributed by atoms with van der Waals surface area (Å²) in [7, 11) is 1.70. The van der Waals surface area contributed by atoms with Gasteiger partial charge in [0.15, 0.2) is 5.69 Å². The van der Waals surface area contributed by atoms with Crippen molar-refractivity contribution in [3.8, 4) is 5.69 Å². The number of amides is 2. The quantitative estimate of drug-likeness (QED) is 0.437. The number of aryl methyl sites for hydroxylation is 1. The first kappa shape index (κ1) is 29.2. The average Bonchev–Trinajstić information content (AvgIpc) is 3.37. The Kier molecular flexibility index (Phi) is 10.5. The number of piperidine rings is 1. The summed E-state index contributed by atoms with van der Waals surface area (Å²) in [5.74, 6) is 0.134. The predicted molar refractivity (Wildman–Crippen MR) is 149 cm³/mol. The number of hydrogen-bond acceptors (Lipinski definition) is 7. The summed E-state index contributed by atoms with van der Waals surface area (Å²) in [4.78, 5) is 31.4. The van der Waals surface area contributed by atoms with E-state index in [4.69, 9.17) is 9.47 Å². The van der Waals surface area contributed by atoms with Crippen molar-refractivity contribution in [2.24, 2.45) is 11.8 Å². The molecular formula is C29H44N6O4. The number of morpholine rings is 1. The molecule has 0 aliphatic carbocycles. The van der Waals surface area contributed by atoms with Crippen molar-refractivity contribution < 1.29 is 19.1 Å². The monoisotopic (exact) mass is 540 g/mol. The number of methoxy groups -OCH3 is 1. The zero-order chi connectivity index (χ0) is 27.8. The number of para-hydroxylation sites is 1. The molecule has 10 heteroatoms. The molecule has 10 nitrogen and oxygen atoms in total. The van der Waals surface area contributed by atoms with Gasteiger partial charge in [-0.15, -0.1) is 5.10 Å². The molecule has 1 aromatic carbocycles. The van der Waals surface area contributed by atoms with Crippen LogP contribution in [-0.4, -0.2) is 102 Å². The number of unbranched alkanes of at least 4 members (excludes halogenated alkanes) is 1. The number of carbonyl (C=O) groups excluding carboxylic acids is 2. The van der Waals surface area contributed by atoms with E-state index < -0.39 is 0 Å². The highest BCUT2D eigenvalue weighted by atomic mass is 16.5. The summed E-state index contributed by atoms with van der Waals surface area (Å²) < 4.78 is 12.5. The highest BCUT2D eigenvalue weighted by molar-refractivity contribution is 5.94. The van der Waals surface area contributed by atoms with Crippen LogP contribution in [0.3, 0.4) is 0 Å². The van der Waals surface area contributed by atoms with Crippen LogP contribution in [-0.2, 0) is 20.7 Å². The molecule has 0 spiro atoms. The minimum Gasteiger partial charge on any atom is -0.385 e. The Balaban J connectivity index is 1.60. The first-order chi connectivity index (χ1) is 18.9. The second kappa shape index (κ2) is 14.0. The zero-order valence-electron chi connectivity index (χ0n) is 23.9. The maximum atomic E-state index is 14.2. The number of ether oxygens (including phenoxy) is 2. The summed E-state index contributed by atoms with van der Waals surface area (Å²) >= 11 is 0. The van der Waals surface area contributed by atoms with E-state index in [-0.39, 0.29) is 29.7 Å². The predicted octanol–water partition coefficient (Wildman–Crippen LogP) is 2.48. The summed E-state index contributed by atoms with van der Waals surface area (Å²) in [5, 5.41) is 12.4. The Hall–Kier alpha value is -2.82. The fourth-order valence-corrected chi connectivity index (χ4v) is 5.54. The van der Waals surface area contributed by atoms with Gasteiger partial charge in [-0.05, 0) is 50.2 Å². The van der Waals surface area contributed by atoms with E-state index in [0.717, 1.165) is 29.8 Å². The number of aromatic nitrogens is 3. The molecule has 2 amide bonds. The molecule has 2 saturated heterocycles. The molecule has 2 aliphatic rings. The van der Waals surface area contributed by atoms with Gasteiger partial charge in [-0.25, -0.2) is 4.68 Å². The van der Waals surface area contributed by atoms with Gasteiger partial charge in [0, 0.05) is 52.5 Å². The first-order valence-corrected chi connectivity index (χ1v) is 14.3. The molecular weight excluding hydrogens is 496 g/mol. The lowest BCUT2D eigenvalue weighted by Crippen LogP contribution is -2.56. The normalized spacial score (nSPS) is 19.9. The fraction of sp³-hybridized carbons (Fsp3) is 0.655. The van der Waals surface area contributed by atoms with E-state index in [0.29, 0.717) is 71.1 Å². The first-order valence-electron chi connectivity index (χ1n) is 14.3. The van der Waals surface area contributed by atoms with E-state index in [2.05, 4.69) is 29.5 Å². The largest absolute Gasteiger partial charge is 0.385 e. The molecule has 2 fully saturated rings. The van der Waals surface area contributed by atoms with Crippen LogP contribution in [0.25, 0.3) is 5.69 Å². The van der Waals surface area contributed by atoms with Gasteiger partial charge in [0.2, 0.25) is 5.91 Å². The molecule has 2 aliphatic heterocycles. The van der Waals surface area contributed by atoms with Crippen LogP contribution in [0.15, 0.2) is 24.3 Å². The number of rotatable bonds is 11. The number of hydrogen-bond donors (Lipinski definition) is 1. The van der Waals surface area contributed by atoms with Crippen molar-refractivity contribution in [2.45, 2.75) is 52.5 Å². The van der Waals surface area contributed by atoms with E-state index in [9.17, 15) is 9.59 Å². The molecule has 2 atom stereocenters. The fourth-order valence-electron chi connectivity index (χ4n) is 5.54. The number of carbonyl (C=O) groups is 2. The van der Waals surface area contributed by atoms with E-state index in [1.54, 1.807) is 7.11 Å².